The normalized spacial score (nSPS) is 17.8. The fourth-order valence-corrected chi connectivity index (χ4v) is 5.77. The summed E-state index contributed by atoms with van der Waals surface area (Å²) in [6.07, 6.45) is 2.24. The Morgan fingerprint density at radius 2 is 2.10 bits per heavy atom. The Hall–Kier alpha value is -2.98. The summed E-state index contributed by atoms with van der Waals surface area (Å²) in [4.78, 5) is 29.0. The number of carbonyl (C=O) groups excluding carboxylic acids is 1. The van der Waals surface area contributed by atoms with E-state index in [-0.39, 0.29) is 17.5 Å². The molecule has 1 unspecified atom stereocenters. The van der Waals surface area contributed by atoms with Gasteiger partial charge in [-0.05, 0) is 42.3 Å². The molecule has 2 aromatic heterocycles. The molecule has 8 nitrogen and oxygen atoms in total. The number of benzene rings is 1. The van der Waals surface area contributed by atoms with Gasteiger partial charge in [-0.15, -0.1) is 16.4 Å². The van der Waals surface area contributed by atoms with Crippen LogP contribution in [0.1, 0.15) is 41.3 Å². The molecule has 1 aliphatic carbocycles. The summed E-state index contributed by atoms with van der Waals surface area (Å²) in [6.45, 7) is 2.06. The van der Waals surface area contributed by atoms with Crippen LogP contribution in [0.3, 0.4) is 0 Å². The number of allylic oxidation sites excluding steroid dienone is 2. The van der Waals surface area contributed by atoms with Crippen LogP contribution in [-0.2, 0) is 10.5 Å². The van der Waals surface area contributed by atoms with E-state index in [0.717, 1.165) is 40.1 Å². The summed E-state index contributed by atoms with van der Waals surface area (Å²) >= 11 is 3.10. The van der Waals surface area contributed by atoms with E-state index in [1.807, 2.05) is 10.1 Å². The fourth-order valence-electron chi connectivity index (χ4n) is 3.97. The maximum absolute atomic E-state index is 12.8. The average molecular weight is 454 g/mol. The Balaban J connectivity index is 1.44. The van der Waals surface area contributed by atoms with E-state index in [9.17, 15) is 14.9 Å². The van der Waals surface area contributed by atoms with Gasteiger partial charge in [0.05, 0.1) is 4.92 Å². The lowest BCUT2D eigenvalue weighted by atomic mass is 9.87. The SMILES string of the molecule is Cc1ccsc1C1C2=C(CCCC2=O)Nc2nc(SCc3ccc([N+](=O)[O-])cc3)nn21. The number of fused-ring (bicyclic) bond motifs is 1. The molecular weight excluding hydrogens is 434 g/mol. The van der Waals surface area contributed by atoms with Crippen molar-refractivity contribution in [2.24, 2.45) is 0 Å². The molecule has 0 amide bonds. The van der Waals surface area contributed by atoms with Crippen LogP contribution < -0.4 is 5.32 Å². The summed E-state index contributed by atoms with van der Waals surface area (Å²) in [5.74, 6) is 1.42. The van der Waals surface area contributed by atoms with E-state index in [1.165, 1.54) is 23.9 Å². The molecule has 0 spiro atoms. The number of rotatable bonds is 5. The lowest BCUT2D eigenvalue weighted by molar-refractivity contribution is -0.384. The van der Waals surface area contributed by atoms with Crippen LogP contribution in [0.4, 0.5) is 11.6 Å². The third kappa shape index (κ3) is 3.66. The highest BCUT2D eigenvalue weighted by molar-refractivity contribution is 7.98. The van der Waals surface area contributed by atoms with E-state index < -0.39 is 4.92 Å². The number of Topliss-reactive ketones (excluding diaryl/α,β-unsaturated/α-hetero) is 1. The van der Waals surface area contributed by atoms with Crippen molar-refractivity contribution in [2.45, 2.75) is 43.1 Å². The molecule has 1 aromatic carbocycles. The molecule has 1 aliphatic heterocycles. The first-order chi connectivity index (χ1) is 15.0. The molecule has 0 radical (unpaired) electrons. The van der Waals surface area contributed by atoms with Gasteiger partial charge in [-0.2, -0.15) is 4.98 Å². The Bertz CT molecular complexity index is 1210. The molecule has 2 aliphatic rings. The molecule has 0 bridgehead atoms. The van der Waals surface area contributed by atoms with Gasteiger partial charge in [0.1, 0.15) is 6.04 Å². The predicted octanol–water partition coefficient (Wildman–Crippen LogP) is 4.87. The molecule has 1 atom stereocenters. The molecule has 0 saturated carbocycles. The lowest BCUT2D eigenvalue weighted by Gasteiger charge is -2.31. The van der Waals surface area contributed by atoms with Crippen molar-refractivity contribution in [3.05, 3.63) is 73.1 Å². The van der Waals surface area contributed by atoms with E-state index in [0.29, 0.717) is 23.3 Å². The molecule has 1 N–H and O–H groups in total. The first-order valence-corrected chi connectivity index (χ1v) is 11.8. The van der Waals surface area contributed by atoms with Crippen molar-refractivity contribution >= 4 is 40.5 Å². The fraction of sp³-hybridized carbons (Fsp3) is 0.286. The second kappa shape index (κ2) is 7.93. The first-order valence-electron chi connectivity index (χ1n) is 9.91. The van der Waals surface area contributed by atoms with Crippen LogP contribution in [0, 0.1) is 17.0 Å². The van der Waals surface area contributed by atoms with Gasteiger partial charge in [-0.1, -0.05) is 23.9 Å². The van der Waals surface area contributed by atoms with E-state index >= 15 is 0 Å². The van der Waals surface area contributed by atoms with Crippen molar-refractivity contribution in [1.82, 2.24) is 14.8 Å². The number of nitro groups is 1. The van der Waals surface area contributed by atoms with Gasteiger partial charge in [-0.3, -0.25) is 14.9 Å². The van der Waals surface area contributed by atoms with Crippen LogP contribution in [0.15, 0.2) is 52.1 Å². The number of nitrogens with one attached hydrogen (secondary N) is 1. The van der Waals surface area contributed by atoms with Gasteiger partial charge in [0, 0.05) is 40.5 Å². The molecule has 5 rings (SSSR count). The van der Waals surface area contributed by atoms with Gasteiger partial charge in [-0.25, -0.2) is 4.68 Å². The van der Waals surface area contributed by atoms with Gasteiger partial charge >= 0.3 is 0 Å². The van der Waals surface area contributed by atoms with Crippen molar-refractivity contribution in [1.29, 1.82) is 0 Å². The zero-order valence-electron chi connectivity index (χ0n) is 16.7. The van der Waals surface area contributed by atoms with Gasteiger partial charge in [0.25, 0.3) is 5.69 Å². The van der Waals surface area contributed by atoms with Crippen molar-refractivity contribution < 1.29 is 9.72 Å². The Labute approximate surface area is 186 Å². The van der Waals surface area contributed by atoms with E-state index in [4.69, 9.17) is 5.10 Å². The monoisotopic (exact) mass is 453 g/mol. The smallest absolute Gasteiger partial charge is 0.269 e. The molecule has 0 fully saturated rings. The Morgan fingerprint density at radius 3 is 2.81 bits per heavy atom. The predicted molar refractivity (Wildman–Crippen MR) is 119 cm³/mol. The molecule has 3 aromatic rings. The molecule has 158 valence electrons. The number of nitrogens with zero attached hydrogens (tertiary/aromatic N) is 4. The number of aromatic nitrogens is 3. The van der Waals surface area contributed by atoms with Crippen LogP contribution in [0.2, 0.25) is 0 Å². The second-order valence-corrected chi connectivity index (χ2v) is 9.43. The Morgan fingerprint density at radius 1 is 1.29 bits per heavy atom. The summed E-state index contributed by atoms with van der Waals surface area (Å²) in [6, 6.07) is 8.31. The number of thiophene rings is 1. The molecular formula is C21H19N5O3S2. The number of aryl methyl sites for hydroxylation is 1. The van der Waals surface area contributed by atoms with Crippen LogP contribution in [0.25, 0.3) is 0 Å². The quantitative estimate of drug-likeness (QED) is 0.334. The van der Waals surface area contributed by atoms with Crippen molar-refractivity contribution in [2.75, 3.05) is 5.32 Å². The van der Waals surface area contributed by atoms with Gasteiger partial charge < -0.3 is 5.32 Å². The molecule has 3 heterocycles. The molecule has 10 heteroatoms. The molecule has 0 saturated heterocycles. The minimum absolute atomic E-state index is 0.0732. The average Bonchev–Trinajstić information content (AvgIpc) is 3.36. The number of carbonyl (C=O) groups is 1. The number of anilines is 1. The minimum Gasteiger partial charge on any atom is -0.328 e. The highest BCUT2D eigenvalue weighted by Gasteiger charge is 2.38. The number of ketones is 1. The minimum atomic E-state index is -0.406. The number of non-ortho nitro benzene ring substituents is 1. The zero-order chi connectivity index (χ0) is 21.5. The number of thioether (sulfide) groups is 1. The maximum atomic E-state index is 12.8. The van der Waals surface area contributed by atoms with Crippen molar-refractivity contribution in [3.8, 4) is 0 Å². The zero-order valence-corrected chi connectivity index (χ0v) is 18.3. The summed E-state index contributed by atoms with van der Waals surface area (Å²) in [5, 5.41) is 21.6. The van der Waals surface area contributed by atoms with Crippen LogP contribution in [-0.4, -0.2) is 25.5 Å². The topological polar surface area (TPSA) is 103 Å². The van der Waals surface area contributed by atoms with Gasteiger partial charge in [0.2, 0.25) is 11.1 Å². The largest absolute Gasteiger partial charge is 0.328 e. The standard InChI is InChI=1S/C21H19N5O3S2/c1-12-9-10-30-19(12)18-17-15(3-2-4-16(17)27)22-20-23-21(24-25(18)20)31-11-13-5-7-14(8-6-13)26(28)29/h5-10,18H,2-4,11H2,1H3,(H,22,23,24). The number of hydrogen-bond acceptors (Lipinski definition) is 8. The summed E-state index contributed by atoms with van der Waals surface area (Å²) < 4.78 is 1.83. The van der Waals surface area contributed by atoms with E-state index in [1.54, 1.807) is 23.5 Å². The Kier molecular flexibility index (Phi) is 5.11. The van der Waals surface area contributed by atoms with Gasteiger partial charge in [0.15, 0.2) is 5.78 Å². The summed E-state index contributed by atoms with van der Waals surface area (Å²) in [5.41, 5.74) is 3.93. The van der Waals surface area contributed by atoms with Crippen LogP contribution in [0.5, 0.6) is 0 Å². The van der Waals surface area contributed by atoms with Crippen LogP contribution >= 0.6 is 23.1 Å². The highest BCUT2D eigenvalue weighted by atomic mass is 32.2. The third-order valence-corrected chi connectivity index (χ3v) is 7.49. The summed E-state index contributed by atoms with van der Waals surface area (Å²) in [7, 11) is 0. The number of nitro benzene ring substituents is 1. The molecule has 31 heavy (non-hydrogen) atoms. The maximum Gasteiger partial charge on any atom is 0.269 e. The second-order valence-electron chi connectivity index (χ2n) is 7.54. The third-order valence-electron chi connectivity index (χ3n) is 5.51. The highest BCUT2D eigenvalue weighted by Crippen LogP contribution is 2.43. The lowest BCUT2D eigenvalue weighted by Crippen LogP contribution is -2.31. The number of hydrogen-bond donors (Lipinski definition) is 1. The van der Waals surface area contributed by atoms with E-state index in [2.05, 4.69) is 23.3 Å². The first kappa shape index (κ1) is 20.0. The van der Waals surface area contributed by atoms with Crippen molar-refractivity contribution in [3.63, 3.8) is 0 Å².